The van der Waals surface area contributed by atoms with Crippen molar-refractivity contribution in [2.45, 2.75) is 19.1 Å². The molecule has 0 aromatic heterocycles. The Hall–Kier alpha value is -3.97. The number of nitrogens with zero attached hydrogens (tertiary/aromatic N) is 2. The largest absolute Gasteiger partial charge is 0.490 e. The number of β-amino-alcohol motifs (C(OH)–C–C–N with tert-alkyl or cyclic N) is 1. The molecule has 4 aromatic carbocycles. The third-order valence-corrected chi connectivity index (χ3v) is 7.34. The summed E-state index contributed by atoms with van der Waals surface area (Å²) >= 11 is 0. The van der Waals surface area contributed by atoms with Crippen LogP contribution in [0.15, 0.2) is 109 Å². The van der Waals surface area contributed by atoms with E-state index >= 15 is 0 Å². The van der Waals surface area contributed by atoms with Crippen LogP contribution in [0.4, 0.5) is 5.69 Å². The summed E-state index contributed by atoms with van der Waals surface area (Å²) in [5.41, 5.74) is 4.88. The second kappa shape index (κ2) is 13.4. The van der Waals surface area contributed by atoms with Crippen molar-refractivity contribution in [3.8, 4) is 5.75 Å². The number of aryl methyl sites for hydroxylation is 1. The van der Waals surface area contributed by atoms with Gasteiger partial charge in [-0.3, -0.25) is 14.6 Å². The molecule has 4 aromatic rings. The molecule has 40 heavy (non-hydrogen) atoms. The standard InChI is InChI=1S/C34H37N3O3/c1-26-16-18-29(19-17-26)35-34(39)31-14-8-9-15-32(31)40-25-30(38)24-36-20-22-37(23-21-36)33(27-10-4-2-5-11-27)28-12-6-3-7-13-28/h2-19,30,33,38H,20-25H2,1H3,(H,35,39). The lowest BCUT2D eigenvalue weighted by Gasteiger charge is -2.40. The number of nitrogens with one attached hydrogen (secondary N) is 1. The van der Waals surface area contributed by atoms with E-state index in [0.717, 1.165) is 37.4 Å². The van der Waals surface area contributed by atoms with Gasteiger partial charge in [-0.05, 0) is 42.3 Å². The lowest BCUT2D eigenvalue weighted by molar-refractivity contribution is 0.0398. The fraction of sp³-hybridized carbons (Fsp3) is 0.265. The summed E-state index contributed by atoms with van der Waals surface area (Å²) in [7, 11) is 0. The van der Waals surface area contributed by atoms with Gasteiger partial charge in [0.2, 0.25) is 0 Å². The molecule has 1 unspecified atom stereocenters. The van der Waals surface area contributed by atoms with Crippen LogP contribution in [0, 0.1) is 6.92 Å². The molecule has 1 fully saturated rings. The summed E-state index contributed by atoms with van der Waals surface area (Å²) < 4.78 is 5.95. The minimum atomic E-state index is -0.668. The Morgan fingerprint density at radius 1 is 0.800 bits per heavy atom. The van der Waals surface area contributed by atoms with E-state index in [1.165, 1.54) is 11.1 Å². The van der Waals surface area contributed by atoms with Crippen LogP contribution < -0.4 is 10.1 Å². The average molecular weight is 536 g/mol. The lowest BCUT2D eigenvalue weighted by atomic mass is 9.96. The number of carbonyl (C=O) groups is 1. The minimum Gasteiger partial charge on any atom is -0.490 e. The number of hydrogen-bond donors (Lipinski definition) is 2. The Morgan fingerprint density at radius 2 is 1.38 bits per heavy atom. The van der Waals surface area contributed by atoms with Gasteiger partial charge in [0.05, 0.1) is 11.6 Å². The number of amides is 1. The summed E-state index contributed by atoms with van der Waals surface area (Å²) in [5.74, 6) is 0.223. The lowest BCUT2D eigenvalue weighted by Crippen LogP contribution is -2.50. The Kier molecular flexibility index (Phi) is 9.24. The van der Waals surface area contributed by atoms with Gasteiger partial charge in [0.15, 0.2) is 0 Å². The molecule has 2 N–H and O–H groups in total. The number of ether oxygens (including phenoxy) is 1. The van der Waals surface area contributed by atoms with Crippen molar-refractivity contribution < 1.29 is 14.6 Å². The molecule has 1 amide bonds. The number of carbonyl (C=O) groups excluding carboxylic acids is 1. The van der Waals surface area contributed by atoms with E-state index in [9.17, 15) is 9.90 Å². The third-order valence-electron chi connectivity index (χ3n) is 7.34. The molecule has 6 heteroatoms. The highest BCUT2D eigenvalue weighted by Gasteiger charge is 2.27. The van der Waals surface area contributed by atoms with E-state index < -0.39 is 6.10 Å². The number of benzene rings is 4. The number of para-hydroxylation sites is 1. The van der Waals surface area contributed by atoms with E-state index in [0.29, 0.717) is 17.9 Å². The normalized spacial score (nSPS) is 15.1. The highest BCUT2D eigenvalue weighted by molar-refractivity contribution is 6.06. The van der Waals surface area contributed by atoms with Crippen LogP contribution in [0.2, 0.25) is 0 Å². The zero-order valence-corrected chi connectivity index (χ0v) is 22.9. The number of aliphatic hydroxyl groups is 1. The van der Waals surface area contributed by atoms with Gasteiger partial charge >= 0.3 is 0 Å². The van der Waals surface area contributed by atoms with Crippen LogP contribution in [0.1, 0.15) is 33.1 Å². The highest BCUT2D eigenvalue weighted by atomic mass is 16.5. The molecule has 1 aliphatic rings. The second-order valence-electron chi connectivity index (χ2n) is 10.3. The molecule has 206 valence electrons. The summed E-state index contributed by atoms with van der Waals surface area (Å²) in [6.07, 6.45) is -0.668. The summed E-state index contributed by atoms with van der Waals surface area (Å²) in [4.78, 5) is 17.7. The number of anilines is 1. The van der Waals surface area contributed by atoms with Crippen LogP contribution in [0.25, 0.3) is 0 Å². The highest BCUT2D eigenvalue weighted by Crippen LogP contribution is 2.29. The third kappa shape index (κ3) is 7.16. The first-order valence-electron chi connectivity index (χ1n) is 13.9. The molecule has 1 saturated heterocycles. The Morgan fingerprint density at radius 3 is 2.00 bits per heavy atom. The molecule has 1 heterocycles. The van der Waals surface area contributed by atoms with Gasteiger partial charge < -0.3 is 15.2 Å². The summed E-state index contributed by atoms with van der Waals surface area (Å²) in [6, 6.07) is 36.3. The maximum absolute atomic E-state index is 12.9. The van der Waals surface area contributed by atoms with Crippen LogP contribution in [-0.2, 0) is 0 Å². The fourth-order valence-corrected chi connectivity index (χ4v) is 5.24. The Balaban J connectivity index is 1.14. The van der Waals surface area contributed by atoms with Crippen molar-refractivity contribution >= 4 is 11.6 Å². The first-order valence-corrected chi connectivity index (χ1v) is 13.9. The molecular weight excluding hydrogens is 498 g/mol. The maximum Gasteiger partial charge on any atom is 0.259 e. The van der Waals surface area contributed by atoms with Gasteiger partial charge in [-0.15, -0.1) is 0 Å². The van der Waals surface area contributed by atoms with Gasteiger partial charge in [0.25, 0.3) is 5.91 Å². The quantitative estimate of drug-likeness (QED) is 0.285. The van der Waals surface area contributed by atoms with Crippen molar-refractivity contribution in [2.24, 2.45) is 0 Å². The van der Waals surface area contributed by atoms with Gasteiger partial charge in [0, 0.05) is 38.4 Å². The molecule has 0 radical (unpaired) electrons. The molecule has 6 nitrogen and oxygen atoms in total. The van der Waals surface area contributed by atoms with E-state index in [1.807, 2.05) is 43.3 Å². The molecule has 0 bridgehead atoms. The van der Waals surface area contributed by atoms with Crippen molar-refractivity contribution in [1.82, 2.24) is 9.80 Å². The van der Waals surface area contributed by atoms with Gasteiger partial charge in [-0.1, -0.05) is 90.5 Å². The minimum absolute atomic E-state index is 0.117. The summed E-state index contributed by atoms with van der Waals surface area (Å²) in [5, 5.41) is 13.7. The second-order valence-corrected chi connectivity index (χ2v) is 10.3. The summed E-state index contributed by atoms with van der Waals surface area (Å²) in [6.45, 7) is 6.18. The zero-order chi connectivity index (χ0) is 27.7. The number of aliphatic hydroxyl groups excluding tert-OH is 1. The number of piperazine rings is 1. The van der Waals surface area contributed by atoms with Gasteiger partial charge in [-0.2, -0.15) is 0 Å². The van der Waals surface area contributed by atoms with Gasteiger partial charge in [0.1, 0.15) is 18.5 Å². The number of hydrogen-bond acceptors (Lipinski definition) is 5. The van der Waals surface area contributed by atoms with Crippen LogP contribution in [0.5, 0.6) is 5.75 Å². The van der Waals surface area contributed by atoms with E-state index in [4.69, 9.17) is 4.74 Å². The molecular formula is C34H37N3O3. The Bertz CT molecular complexity index is 1310. The topological polar surface area (TPSA) is 65.0 Å². The monoisotopic (exact) mass is 535 g/mol. The molecule has 5 rings (SSSR count). The van der Waals surface area contributed by atoms with Crippen molar-refractivity contribution in [2.75, 3.05) is 44.6 Å². The molecule has 0 aliphatic carbocycles. The molecule has 1 aliphatic heterocycles. The van der Waals surface area contributed by atoms with E-state index in [-0.39, 0.29) is 18.6 Å². The van der Waals surface area contributed by atoms with E-state index in [2.05, 4.69) is 75.8 Å². The predicted octanol–water partition coefficient (Wildman–Crippen LogP) is 5.39. The molecule has 1 atom stereocenters. The van der Waals surface area contributed by atoms with Crippen molar-refractivity contribution in [3.05, 3.63) is 131 Å². The SMILES string of the molecule is Cc1ccc(NC(=O)c2ccccc2OCC(O)CN2CCN(C(c3ccccc3)c3ccccc3)CC2)cc1. The van der Waals surface area contributed by atoms with Crippen molar-refractivity contribution in [3.63, 3.8) is 0 Å². The average Bonchev–Trinajstić information content (AvgIpc) is 2.99. The maximum atomic E-state index is 12.9. The zero-order valence-electron chi connectivity index (χ0n) is 22.9. The molecule has 0 spiro atoms. The predicted molar refractivity (Wildman–Crippen MR) is 160 cm³/mol. The molecule has 0 saturated carbocycles. The van der Waals surface area contributed by atoms with Crippen LogP contribution in [0.3, 0.4) is 0 Å². The Labute approximate surface area is 236 Å². The first-order chi connectivity index (χ1) is 19.6. The number of rotatable bonds is 10. The smallest absolute Gasteiger partial charge is 0.259 e. The van der Waals surface area contributed by atoms with Crippen LogP contribution in [-0.4, -0.2) is 66.2 Å². The first kappa shape index (κ1) is 27.6. The van der Waals surface area contributed by atoms with E-state index in [1.54, 1.807) is 12.1 Å². The van der Waals surface area contributed by atoms with Crippen molar-refractivity contribution in [1.29, 1.82) is 0 Å². The fourth-order valence-electron chi connectivity index (χ4n) is 5.24. The van der Waals surface area contributed by atoms with Gasteiger partial charge in [-0.25, -0.2) is 0 Å². The van der Waals surface area contributed by atoms with Crippen LogP contribution >= 0.6 is 0 Å².